The highest BCUT2D eigenvalue weighted by atomic mass is 35.5. The van der Waals surface area contributed by atoms with Crippen LogP contribution in [-0.4, -0.2) is 18.3 Å². The molecule has 0 N–H and O–H groups in total. The standard InChI is InChI=1S/C15H21ClO2/c1-4-18-12-7-8-13(14(10-12)11(2)3)15(17)6-5-9-16/h7-8,10-11H,4-6,9H2,1-3H3. The SMILES string of the molecule is CCOc1ccc(C(=O)CCCCl)c(C(C)C)c1. The molecule has 1 rings (SSSR count). The maximum atomic E-state index is 12.1. The summed E-state index contributed by atoms with van der Waals surface area (Å²) in [5.74, 6) is 1.83. The second-order valence-corrected chi connectivity index (χ2v) is 4.93. The van der Waals surface area contributed by atoms with E-state index in [4.69, 9.17) is 16.3 Å². The average Bonchev–Trinajstić information content (AvgIpc) is 2.36. The van der Waals surface area contributed by atoms with Gasteiger partial charge in [0.15, 0.2) is 5.78 Å². The van der Waals surface area contributed by atoms with Crippen molar-refractivity contribution in [1.82, 2.24) is 0 Å². The van der Waals surface area contributed by atoms with Crippen molar-refractivity contribution < 1.29 is 9.53 Å². The fourth-order valence-corrected chi connectivity index (χ4v) is 2.02. The number of ketones is 1. The zero-order valence-electron chi connectivity index (χ0n) is 11.3. The Labute approximate surface area is 114 Å². The largest absolute Gasteiger partial charge is 0.494 e. The summed E-state index contributed by atoms with van der Waals surface area (Å²) >= 11 is 5.63. The Kier molecular flexibility index (Phi) is 6.20. The van der Waals surface area contributed by atoms with E-state index in [1.807, 2.05) is 25.1 Å². The summed E-state index contributed by atoms with van der Waals surface area (Å²) in [7, 11) is 0. The predicted octanol–water partition coefficient (Wildman–Crippen LogP) is 4.41. The van der Waals surface area contributed by atoms with E-state index in [0.717, 1.165) is 23.3 Å². The van der Waals surface area contributed by atoms with Gasteiger partial charge in [-0.3, -0.25) is 4.79 Å². The number of rotatable bonds is 7. The van der Waals surface area contributed by atoms with Crippen LogP contribution < -0.4 is 4.74 Å². The van der Waals surface area contributed by atoms with Crippen molar-refractivity contribution in [3.63, 3.8) is 0 Å². The summed E-state index contributed by atoms with van der Waals surface area (Å²) in [5, 5.41) is 0. The first kappa shape index (κ1) is 15.0. The molecule has 0 aliphatic heterocycles. The molecule has 0 aromatic heterocycles. The Morgan fingerprint density at radius 2 is 2.11 bits per heavy atom. The molecule has 0 aliphatic carbocycles. The Bertz CT molecular complexity index is 399. The van der Waals surface area contributed by atoms with Crippen LogP contribution >= 0.6 is 11.6 Å². The van der Waals surface area contributed by atoms with Crippen LogP contribution in [0.1, 0.15) is 55.5 Å². The first-order valence-corrected chi connectivity index (χ1v) is 6.99. The van der Waals surface area contributed by atoms with Crippen molar-refractivity contribution in [1.29, 1.82) is 0 Å². The van der Waals surface area contributed by atoms with Gasteiger partial charge in [0, 0.05) is 17.9 Å². The normalized spacial score (nSPS) is 10.7. The second kappa shape index (κ2) is 7.42. The summed E-state index contributed by atoms with van der Waals surface area (Å²) in [5.41, 5.74) is 1.86. The molecule has 0 unspecified atom stereocenters. The number of hydrogen-bond acceptors (Lipinski definition) is 2. The van der Waals surface area contributed by atoms with Gasteiger partial charge in [0.1, 0.15) is 5.75 Å². The fourth-order valence-electron chi connectivity index (χ4n) is 1.89. The van der Waals surface area contributed by atoms with Gasteiger partial charge >= 0.3 is 0 Å². The minimum atomic E-state index is 0.169. The van der Waals surface area contributed by atoms with Crippen molar-refractivity contribution in [2.24, 2.45) is 0 Å². The molecule has 1 aromatic rings. The zero-order chi connectivity index (χ0) is 13.5. The Hall–Kier alpha value is -1.02. The Balaban J connectivity index is 2.99. The van der Waals surface area contributed by atoms with Crippen molar-refractivity contribution in [3.05, 3.63) is 29.3 Å². The number of Topliss-reactive ketones (excluding diaryl/α,β-unsaturated/α-hetero) is 1. The highest BCUT2D eigenvalue weighted by Gasteiger charge is 2.14. The van der Waals surface area contributed by atoms with E-state index in [2.05, 4.69) is 13.8 Å². The van der Waals surface area contributed by atoms with Gasteiger partial charge in [-0.1, -0.05) is 13.8 Å². The number of halogens is 1. The van der Waals surface area contributed by atoms with Gasteiger partial charge in [-0.15, -0.1) is 11.6 Å². The quantitative estimate of drug-likeness (QED) is 0.541. The first-order chi connectivity index (χ1) is 8.60. The molecule has 3 heteroatoms. The van der Waals surface area contributed by atoms with Crippen LogP contribution in [-0.2, 0) is 0 Å². The van der Waals surface area contributed by atoms with E-state index < -0.39 is 0 Å². The topological polar surface area (TPSA) is 26.3 Å². The molecule has 0 spiro atoms. The highest BCUT2D eigenvalue weighted by molar-refractivity contribution is 6.18. The number of carbonyl (C=O) groups excluding carboxylic acids is 1. The second-order valence-electron chi connectivity index (χ2n) is 4.55. The van der Waals surface area contributed by atoms with Crippen molar-refractivity contribution in [3.8, 4) is 5.75 Å². The minimum Gasteiger partial charge on any atom is -0.494 e. The number of alkyl halides is 1. The third kappa shape index (κ3) is 4.02. The van der Waals surface area contributed by atoms with Gasteiger partial charge in [-0.25, -0.2) is 0 Å². The summed E-state index contributed by atoms with van der Waals surface area (Å²) < 4.78 is 5.48. The highest BCUT2D eigenvalue weighted by Crippen LogP contribution is 2.26. The van der Waals surface area contributed by atoms with Crippen LogP contribution in [0.15, 0.2) is 18.2 Å². The summed E-state index contributed by atoms with van der Waals surface area (Å²) in [6, 6.07) is 5.71. The molecule has 0 fully saturated rings. The first-order valence-electron chi connectivity index (χ1n) is 6.46. The summed E-state index contributed by atoms with van der Waals surface area (Å²) in [6.07, 6.45) is 1.24. The van der Waals surface area contributed by atoms with E-state index in [-0.39, 0.29) is 5.78 Å². The summed E-state index contributed by atoms with van der Waals surface area (Å²) in [6.45, 7) is 6.76. The van der Waals surface area contributed by atoms with E-state index >= 15 is 0 Å². The summed E-state index contributed by atoms with van der Waals surface area (Å²) in [4.78, 5) is 12.1. The van der Waals surface area contributed by atoms with Gasteiger partial charge in [0.25, 0.3) is 0 Å². The molecule has 0 heterocycles. The van der Waals surface area contributed by atoms with Crippen LogP contribution in [0, 0.1) is 0 Å². The van der Waals surface area contributed by atoms with Crippen LogP contribution in [0.25, 0.3) is 0 Å². The molecule has 0 radical (unpaired) electrons. The maximum Gasteiger partial charge on any atom is 0.163 e. The third-order valence-electron chi connectivity index (χ3n) is 2.79. The van der Waals surface area contributed by atoms with E-state index in [0.29, 0.717) is 24.8 Å². The average molecular weight is 269 g/mol. The smallest absolute Gasteiger partial charge is 0.163 e. The Morgan fingerprint density at radius 3 is 2.67 bits per heavy atom. The molecule has 0 saturated heterocycles. The van der Waals surface area contributed by atoms with E-state index in [1.54, 1.807) is 0 Å². The molecular weight excluding hydrogens is 248 g/mol. The molecule has 0 saturated carbocycles. The van der Waals surface area contributed by atoms with Crippen LogP contribution in [0.5, 0.6) is 5.75 Å². The number of carbonyl (C=O) groups is 1. The van der Waals surface area contributed by atoms with Crippen molar-refractivity contribution in [2.45, 2.75) is 39.5 Å². The number of hydrogen-bond donors (Lipinski definition) is 0. The van der Waals surface area contributed by atoms with Gasteiger partial charge in [-0.2, -0.15) is 0 Å². The fraction of sp³-hybridized carbons (Fsp3) is 0.533. The molecule has 0 atom stereocenters. The van der Waals surface area contributed by atoms with E-state index in [9.17, 15) is 4.79 Å². The lowest BCUT2D eigenvalue weighted by atomic mass is 9.93. The van der Waals surface area contributed by atoms with Gasteiger partial charge in [0.2, 0.25) is 0 Å². The molecule has 18 heavy (non-hydrogen) atoms. The molecule has 2 nitrogen and oxygen atoms in total. The Morgan fingerprint density at radius 1 is 1.39 bits per heavy atom. The lowest BCUT2D eigenvalue weighted by Crippen LogP contribution is -2.06. The zero-order valence-corrected chi connectivity index (χ0v) is 12.1. The third-order valence-corrected chi connectivity index (χ3v) is 3.06. The number of ether oxygens (including phenoxy) is 1. The predicted molar refractivity (Wildman–Crippen MR) is 76.0 cm³/mol. The molecule has 0 aliphatic rings. The maximum absolute atomic E-state index is 12.1. The van der Waals surface area contributed by atoms with Gasteiger partial charge < -0.3 is 4.74 Å². The van der Waals surface area contributed by atoms with Crippen molar-refractivity contribution in [2.75, 3.05) is 12.5 Å². The lowest BCUT2D eigenvalue weighted by molar-refractivity contribution is 0.0980. The minimum absolute atomic E-state index is 0.169. The van der Waals surface area contributed by atoms with E-state index in [1.165, 1.54) is 0 Å². The van der Waals surface area contributed by atoms with Crippen LogP contribution in [0.2, 0.25) is 0 Å². The molecule has 0 bridgehead atoms. The molecule has 0 amide bonds. The number of benzene rings is 1. The molecular formula is C15H21ClO2. The van der Waals surface area contributed by atoms with Gasteiger partial charge in [0.05, 0.1) is 6.61 Å². The van der Waals surface area contributed by atoms with Crippen LogP contribution in [0.4, 0.5) is 0 Å². The van der Waals surface area contributed by atoms with Gasteiger partial charge in [-0.05, 0) is 43.0 Å². The molecule has 100 valence electrons. The van der Waals surface area contributed by atoms with Crippen molar-refractivity contribution >= 4 is 17.4 Å². The monoisotopic (exact) mass is 268 g/mol. The van der Waals surface area contributed by atoms with Crippen LogP contribution in [0.3, 0.4) is 0 Å². The molecule has 1 aromatic carbocycles. The lowest BCUT2D eigenvalue weighted by Gasteiger charge is -2.14.